The first-order chi connectivity index (χ1) is 15.3. The normalized spacial score (nSPS) is 10.3. The van der Waals surface area contributed by atoms with Gasteiger partial charge in [-0.2, -0.15) is 0 Å². The first-order valence-electron chi connectivity index (χ1n) is 10.2. The number of esters is 1. The highest BCUT2D eigenvalue weighted by molar-refractivity contribution is 7.80. The van der Waals surface area contributed by atoms with E-state index < -0.39 is 16.7 Å². The fraction of sp³-hybridized carbons (Fsp3) is 0.364. The molecule has 0 unspecified atom stereocenters. The fourth-order valence-electron chi connectivity index (χ4n) is 2.87. The molecule has 0 bridgehead atoms. The van der Waals surface area contributed by atoms with E-state index in [1.165, 1.54) is 24.3 Å². The standard InChI is InChI=1S/C22H26FN3O5S.ClH/c1-3-25(4-2)10-11-30-21(27)15-31-20-13-17(23)8-9-19(20)22(32)24-14-16-6-5-7-18(12-16)26(28)29;/h5-9,12-13H,3-4,10-11,14-15H2,1-2H3,(H,24,32);1H. The summed E-state index contributed by atoms with van der Waals surface area (Å²) in [6.45, 7) is 6.47. The Balaban J connectivity index is 0.00000544. The summed E-state index contributed by atoms with van der Waals surface area (Å²) in [4.78, 5) is 24.8. The summed E-state index contributed by atoms with van der Waals surface area (Å²) < 4.78 is 24.4. The topological polar surface area (TPSA) is 93.9 Å². The zero-order valence-corrected chi connectivity index (χ0v) is 20.0. The van der Waals surface area contributed by atoms with Crippen LogP contribution in [0.5, 0.6) is 5.75 Å². The number of nitrogens with one attached hydrogen (secondary N) is 1. The number of carbonyl (C=O) groups is 1. The Kier molecular flexibility index (Phi) is 12.3. The van der Waals surface area contributed by atoms with Gasteiger partial charge in [0.2, 0.25) is 0 Å². The second kappa shape index (κ2) is 14.4. The van der Waals surface area contributed by atoms with E-state index in [0.717, 1.165) is 19.2 Å². The number of rotatable bonds is 12. The first kappa shape index (κ1) is 28.2. The van der Waals surface area contributed by atoms with Crippen LogP contribution in [0, 0.1) is 15.9 Å². The van der Waals surface area contributed by atoms with E-state index in [-0.39, 0.29) is 48.6 Å². The van der Waals surface area contributed by atoms with Gasteiger partial charge in [0.15, 0.2) is 6.61 Å². The number of hydrogen-bond donors (Lipinski definition) is 1. The first-order valence-corrected chi connectivity index (χ1v) is 10.6. The molecule has 11 heteroatoms. The zero-order valence-electron chi connectivity index (χ0n) is 18.4. The van der Waals surface area contributed by atoms with E-state index in [4.69, 9.17) is 21.7 Å². The van der Waals surface area contributed by atoms with E-state index in [1.807, 2.05) is 13.8 Å². The van der Waals surface area contributed by atoms with Gasteiger partial charge in [0.1, 0.15) is 23.2 Å². The number of benzene rings is 2. The number of nitrogens with zero attached hydrogens (tertiary/aromatic N) is 2. The minimum absolute atomic E-state index is 0. The smallest absolute Gasteiger partial charge is 0.344 e. The summed E-state index contributed by atoms with van der Waals surface area (Å²) in [6, 6.07) is 9.95. The third kappa shape index (κ3) is 9.29. The number of carbonyl (C=O) groups excluding carboxylic acids is 1. The summed E-state index contributed by atoms with van der Waals surface area (Å²) >= 11 is 5.37. The number of thiocarbonyl (C=S) groups is 1. The van der Waals surface area contributed by atoms with Gasteiger partial charge >= 0.3 is 5.97 Å². The molecule has 0 aliphatic heterocycles. The molecule has 8 nitrogen and oxygen atoms in total. The molecule has 1 N–H and O–H groups in total. The molecular formula is C22H27ClFN3O5S. The van der Waals surface area contributed by atoms with Gasteiger partial charge in [0.05, 0.1) is 10.5 Å². The Morgan fingerprint density at radius 3 is 2.61 bits per heavy atom. The maximum Gasteiger partial charge on any atom is 0.344 e. The lowest BCUT2D eigenvalue weighted by atomic mass is 10.1. The largest absolute Gasteiger partial charge is 0.481 e. The maximum atomic E-state index is 13.7. The second-order valence-corrected chi connectivity index (χ2v) is 7.19. The van der Waals surface area contributed by atoms with Crippen molar-refractivity contribution in [2.45, 2.75) is 20.4 Å². The van der Waals surface area contributed by atoms with E-state index in [1.54, 1.807) is 12.1 Å². The van der Waals surface area contributed by atoms with E-state index in [2.05, 4.69) is 10.2 Å². The van der Waals surface area contributed by atoms with Gasteiger partial charge < -0.3 is 19.7 Å². The summed E-state index contributed by atoms with van der Waals surface area (Å²) in [5.74, 6) is -1.01. The van der Waals surface area contributed by atoms with Crippen molar-refractivity contribution < 1.29 is 23.6 Å². The predicted octanol–water partition coefficient (Wildman–Crippen LogP) is 3.88. The third-order valence-corrected chi connectivity index (χ3v) is 5.04. The van der Waals surface area contributed by atoms with Gasteiger partial charge in [-0.25, -0.2) is 9.18 Å². The Bertz CT molecular complexity index is 959. The second-order valence-electron chi connectivity index (χ2n) is 6.79. The molecule has 0 atom stereocenters. The van der Waals surface area contributed by atoms with Crippen molar-refractivity contribution in [3.8, 4) is 5.75 Å². The van der Waals surface area contributed by atoms with Crippen LogP contribution >= 0.6 is 24.6 Å². The number of halogens is 2. The third-order valence-electron chi connectivity index (χ3n) is 4.67. The molecule has 33 heavy (non-hydrogen) atoms. The van der Waals surface area contributed by atoms with Crippen molar-refractivity contribution in [2.24, 2.45) is 0 Å². The summed E-state index contributed by atoms with van der Waals surface area (Å²) in [6.07, 6.45) is 0. The Hall–Kier alpha value is -2.82. The van der Waals surface area contributed by atoms with Gasteiger partial charge in [-0.15, -0.1) is 12.4 Å². The van der Waals surface area contributed by atoms with Crippen LogP contribution in [0.15, 0.2) is 42.5 Å². The van der Waals surface area contributed by atoms with Crippen molar-refractivity contribution in [2.75, 3.05) is 32.8 Å². The summed E-state index contributed by atoms with van der Waals surface area (Å²) in [5, 5.41) is 13.9. The SMILES string of the molecule is CCN(CC)CCOC(=O)COc1cc(F)ccc1C(=S)NCc1cccc([N+](=O)[O-])c1.Cl. The lowest BCUT2D eigenvalue weighted by Crippen LogP contribution is -2.29. The molecule has 0 amide bonds. The van der Waals surface area contributed by atoms with Gasteiger partial charge in [-0.1, -0.05) is 38.2 Å². The molecule has 0 spiro atoms. The molecule has 2 aromatic carbocycles. The van der Waals surface area contributed by atoms with Crippen molar-refractivity contribution in [1.82, 2.24) is 10.2 Å². The van der Waals surface area contributed by atoms with Crippen LogP contribution in [-0.2, 0) is 16.1 Å². The molecule has 0 fully saturated rings. The zero-order chi connectivity index (χ0) is 23.5. The highest BCUT2D eigenvalue weighted by Gasteiger charge is 2.14. The van der Waals surface area contributed by atoms with Crippen molar-refractivity contribution in [1.29, 1.82) is 0 Å². The van der Waals surface area contributed by atoms with Crippen LogP contribution in [0.3, 0.4) is 0 Å². The molecule has 0 heterocycles. The molecule has 2 rings (SSSR count). The number of non-ortho nitro benzene ring substituents is 1. The molecule has 0 saturated heterocycles. The molecule has 0 aromatic heterocycles. The Morgan fingerprint density at radius 1 is 1.21 bits per heavy atom. The molecule has 0 radical (unpaired) electrons. The minimum Gasteiger partial charge on any atom is -0.481 e. The van der Waals surface area contributed by atoms with Crippen LogP contribution in [-0.4, -0.2) is 53.6 Å². The lowest BCUT2D eigenvalue weighted by molar-refractivity contribution is -0.384. The van der Waals surface area contributed by atoms with Gasteiger partial charge in [0.25, 0.3) is 5.69 Å². The van der Waals surface area contributed by atoms with Crippen LogP contribution in [0.4, 0.5) is 10.1 Å². The van der Waals surface area contributed by atoms with Crippen LogP contribution in [0.1, 0.15) is 25.0 Å². The van der Waals surface area contributed by atoms with Crippen molar-refractivity contribution >= 4 is 41.3 Å². The quantitative estimate of drug-likeness (QED) is 0.203. The minimum atomic E-state index is -0.567. The van der Waals surface area contributed by atoms with E-state index in [0.29, 0.717) is 17.7 Å². The highest BCUT2D eigenvalue weighted by atomic mass is 35.5. The monoisotopic (exact) mass is 499 g/mol. The number of hydrogen-bond acceptors (Lipinski definition) is 7. The van der Waals surface area contributed by atoms with Crippen molar-refractivity contribution in [3.05, 3.63) is 69.5 Å². The van der Waals surface area contributed by atoms with Gasteiger partial charge in [-0.3, -0.25) is 10.1 Å². The van der Waals surface area contributed by atoms with Crippen LogP contribution in [0.2, 0.25) is 0 Å². The van der Waals surface area contributed by atoms with Gasteiger partial charge in [-0.05, 0) is 30.8 Å². The molecule has 0 aliphatic carbocycles. The number of nitro groups is 1. The summed E-state index contributed by atoms with van der Waals surface area (Å²) in [5.41, 5.74) is 1.02. The molecule has 0 aliphatic rings. The molecule has 180 valence electrons. The average Bonchev–Trinajstić information content (AvgIpc) is 2.79. The number of ether oxygens (including phenoxy) is 2. The number of nitro benzene ring substituents is 1. The van der Waals surface area contributed by atoms with Crippen LogP contribution < -0.4 is 10.1 Å². The van der Waals surface area contributed by atoms with Crippen molar-refractivity contribution in [3.63, 3.8) is 0 Å². The highest BCUT2D eigenvalue weighted by Crippen LogP contribution is 2.21. The Morgan fingerprint density at radius 2 is 1.94 bits per heavy atom. The molecular weight excluding hydrogens is 473 g/mol. The predicted molar refractivity (Wildman–Crippen MR) is 130 cm³/mol. The number of likely N-dealkylation sites (N-methyl/N-ethyl adjacent to an activating group) is 1. The molecule has 2 aromatic rings. The lowest BCUT2D eigenvalue weighted by Gasteiger charge is -2.17. The van der Waals surface area contributed by atoms with E-state index >= 15 is 0 Å². The fourth-order valence-corrected chi connectivity index (χ4v) is 3.11. The molecule has 0 saturated carbocycles. The van der Waals surface area contributed by atoms with E-state index in [9.17, 15) is 19.3 Å². The Labute approximate surface area is 203 Å². The average molecular weight is 500 g/mol. The summed E-state index contributed by atoms with van der Waals surface area (Å²) in [7, 11) is 0. The van der Waals surface area contributed by atoms with Gasteiger partial charge in [0, 0.05) is 31.3 Å². The van der Waals surface area contributed by atoms with Crippen LogP contribution in [0.25, 0.3) is 0 Å². The maximum absolute atomic E-state index is 13.7.